The van der Waals surface area contributed by atoms with Crippen molar-refractivity contribution in [1.29, 1.82) is 0 Å². The molecule has 7 heteroatoms. The second kappa shape index (κ2) is 8.21. The average molecular weight is 301 g/mol. The van der Waals surface area contributed by atoms with Gasteiger partial charge in [-0.1, -0.05) is 26.0 Å². The van der Waals surface area contributed by atoms with E-state index < -0.39 is 10.2 Å². The van der Waals surface area contributed by atoms with Crippen LogP contribution in [0.5, 0.6) is 0 Å². The molecule has 0 bridgehead atoms. The zero-order valence-electron chi connectivity index (χ0n) is 12.1. The van der Waals surface area contributed by atoms with E-state index in [0.29, 0.717) is 18.3 Å². The molecule has 0 aliphatic carbocycles. The van der Waals surface area contributed by atoms with E-state index in [1.54, 1.807) is 12.1 Å². The van der Waals surface area contributed by atoms with Crippen molar-refractivity contribution in [2.45, 2.75) is 26.4 Å². The Morgan fingerprint density at radius 1 is 1.20 bits per heavy atom. The van der Waals surface area contributed by atoms with Gasteiger partial charge in [0.05, 0.1) is 6.61 Å². The molecule has 1 rings (SSSR count). The van der Waals surface area contributed by atoms with Gasteiger partial charge < -0.3 is 10.1 Å². The topological polar surface area (TPSA) is 79.5 Å². The number of benzene rings is 1. The fourth-order valence-electron chi connectivity index (χ4n) is 1.48. The van der Waals surface area contributed by atoms with Gasteiger partial charge in [0.25, 0.3) is 10.2 Å². The summed E-state index contributed by atoms with van der Waals surface area (Å²) in [5, 5.41) is 3.30. The molecule has 1 aromatic carbocycles. The maximum atomic E-state index is 11.7. The van der Waals surface area contributed by atoms with Crippen LogP contribution in [0.25, 0.3) is 0 Å². The predicted octanol–water partition coefficient (Wildman–Crippen LogP) is 1.08. The number of hydrogen-bond donors (Lipinski definition) is 3. The summed E-state index contributed by atoms with van der Waals surface area (Å²) in [5.41, 5.74) is 1.64. The van der Waals surface area contributed by atoms with Crippen molar-refractivity contribution in [1.82, 2.24) is 10.0 Å². The maximum absolute atomic E-state index is 11.7. The lowest BCUT2D eigenvalue weighted by atomic mass is 10.2. The highest BCUT2D eigenvalue weighted by Crippen LogP contribution is 2.10. The van der Waals surface area contributed by atoms with Gasteiger partial charge in [-0.15, -0.1) is 0 Å². The molecular formula is C13H23N3O3S. The third-order valence-corrected chi connectivity index (χ3v) is 3.61. The Morgan fingerprint density at radius 3 is 2.40 bits per heavy atom. The zero-order chi connectivity index (χ0) is 15.0. The molecule has 0 aliphatic heterocycles. The van der Waals surface area contributed by atoms with Crippen LogP contribution in [-0.4, -0.2) is 34.7 Å². The highest BCUT2D eigenvalue weighted by Gasteiger charge is 2.08. The van der Waals surface area contributed by atoms with Gasteiger partial charge in [0.2, 0.25) is 0 Å². The summed E-state index contributed by atoms with van der Waals surface area (Å²) in [4.78, 5) is 0. The molecule has 20 heavy (non-hydrogen) atoms. The first-order valence-corrected chi connectivity index (χ1v) is 8.00. The summed E-state index contributed by atoms with van der Waals surface area (Å²) in [7, 11) is -2.02. The zero-order valence-corrected chi connectivity index (χ0v) is 13.0. The van der Waals surface area contributed by atoms with Crippen LogP contribution in [0.3, 0.4) is 0 Å². The van der Waals surface area contributed by atoms with Gasteiger partial charge in [0.15, 0.2) is 0 Å². The van der Waals surface area contributed by atoms with E-state index in [-0.39, 0.29) is 6.54 Å². The van der Waals surface area contributed by atoms with Crippen LogP contribution in [0.1, 0.15) is 19.4 Å². The Morgan fingerprint density at radius 2 is 1.85 bits per heavy atom. The molecule has 0 saturated carbocycles. The van der Waals surface area contributed by atoms with Crippen molar-refractivity contribution in [2.24, 2.45) is 0 Å². The molecule has 0 spiro atoms. The Balaban J connectivity index is 2.52. The Bertz CT molecular complexity index is 486. The minimum Gasteiger partial charge on any atom is -0.383 e. The van der Waals surface area contributed by atoms with Crippen molar-refractivity contribution in [3.63, 3.8) is 0 Å². The summed E-state index contributed by atoms with van der Waals surface area (Å²) in [6, 6.07) is 7.68. The Kier molecular flexibility index (Phi) is 6.94. The molecular weight excluding hydrogens is 278 g/mol. The number of rotatable bonds is 9. The van der Waals surface area contributed by atoms with E-state index in [1.807, 2.05) is 12.1 Å². The molecule has 0 atom stereocenters. The smallest absolute Gasteiger partial charge is 0.299 e. The summed E-state index contributed by atoms with van der Waals surface area (Å²) < 4.78 is 33.0. The van der Waals surface area contributed by atoms with Crippen molar-refractivity contribution in [2.75, 3.05) is 25.0 Å². The molecule has 0 amide bonds. The first-order chi connectivity index (χ1) is 9.43. The summed E-state index contributed by atoms with van der Waals surface area (Å²) >= 11 is 0. The van der Waals surface area contributed by atoms with E-state index in [4.69, 9.17) is 4.74 Å². The lowest BCUT2D eigenvalue weighted by Gasteiger charge is -2.11. The molecule has 6 nitrogen and oxygen atoms in total. The van der Waals surface area contributed by atoms with E-state index in [1.165, 1.54) is 7.11 Å². The molecule has 0 radical (unpaired) electrons. The molecule has 3 N–H and O–H groups in total. The van der Waals surface area contributed by atoms with Crippen LogP contribution < -0.4 is 14.8 Å². The standard InChI is InChI=1S/C13H23N3O3S/c1-11(2)14-10-12-4-6-13(7-5-12)16-20(17,18)15-8-9-19-3/h4-7,11,14-16H,8-10H2,1-3H3. The van der Waals surface area contributed by atoms with Gasteiger partial charge in [0, 0.05) is 31.9 Å². The monoisotopic (exact) mass is 301 g/mol. The van der Waals surface area contributed by atoms with Crippen LogP contribution in [0.15, 0.2) is 24.3 Å². The average Bonchev–Trinajstić information content (AvgIpc) is 2.37. The van der Waals surface area contributed by atoms with Crippen LogP contribution in [0.2, 0.25) is 0 Å². The highest BCUT2D eigenvalue weighted by molar-refractivity contribution is 7.90. The first kappa shape index (κ1) is 16.9. The summed E-state index contributed by atoms with van der Waals surface area (Å²) in [6.45, 7) is 5.49. The molecule has 0 aromatic heterocycles. The molecule has 0 aliphatic rings. The minimum atomic E-state index is -3.54. The fourth-order valence-corrected chi connectivity index (χ4v) is 2.35. The van der Waals surface area contributed by atoms with Crippen LogP contribution in [0, 0.1) is 0 Å². The third kappa shape index (κ3) is 6.85. The van der Waals surface area contributed by atoms with Crippen LogP contribution in [-0.2, 0) is 21.5 Å². The SMILES string of the molecule is COCCNS(=O)(=O)Nc1ccc(CNC(C)C)cc1. The molecule has 0 fully saturated rings. The molecule has 0 saturated heterocycles. The third-order valence-electron chi connectivity index (χ3n) is 2.52. The van der Waals surface area contributed by atoms with Gasteiger partial charge >= 0.3 is 0 Å². The predicted molar refractivity (Wildman–Crippen MR) is 80.8 cm³/mol. The van der Waals surface area contributed by atoms with Gasteiger partial charge in [-0.2, -0.15) is 13.1 Å². The van der Waals surface area contributed by atoms with Crippen LogP contribution in [0.4, 0.5) is 5.69 Å². The summed E-state index contributed by atoms with van der Waals surface area (Å²) in [6.07, 6.45) is 0. The van der Waals surface area contributed by atoms with E-state index in [2.05, 4.69) is 28.6 Å². The number of nitrogens with one attached hydrogen (secondary N) is 3. The number of ether oxygens (including phenoxy) is 1. The summed E-state index contributed by atoms with van der Waals surface area (Å²) in [5.74, 6) is 0. The van der Waals surface area contributed by atoms with Crippen molar-refractivity contribution in [3.05, 3.63) is 29.8 Å². The van der Waals surface area contributed by atoms with E-state index in [0.717, 1.165) is 12.1 Å². The normalized spacial score (nSPS) is 11.8. The Labute approximate surface area is 121 Å². The van der Waals surface area contributed by atoms with Crippen LogP contribution >= 0.6 is 0 Å². The molecule has 0 unspecified atom stereocenters. The van der Waals surface area contributed by atoms with Crippen molar-refractivity contribution >= 4 is 15.9 Å². The van der Waals surface area contributed by atoms with Gasteiger partial charge in [0.1, 0.15) is 0 Å². The number of anilines is 1. The molecule has 1 aromatic rings. The van der Waals surface area contributed by atoms with Gasteiger partial charge in [-0.25, -0.2) is 0 Å². The minimum absolute atomic E-state index is 0.238. The van der Waals surface area contributed by atoms with Crippen molar-refractivity contribution < 1.29 is 13.2 Å². The lowest BCUT2D eigenvalue weighted by Crippen LogP contribution is -2.32. The molecule has 114 valence electrons. The Hall–Kier alpha value is -1.15. The first-order valence-electron chi connectivity index (χ1n) is 6.51. The van der Waals surface area contributed by atoms with Crippen molar-refractivity contribution in [3.8, 4) is 0 Å². The maximum Gasteiger partial charge on any atom is 0.299 e. The van der Waals surface area contributed by atoms with E-state index >= 15 is 0 Å². The number of methoxy groups -OCH3 is 1. The molecule has 0 heterocycles. The number of hydrogen-bond acceptors (Lipinski definition) is 4. The second-order valence-electron chi connectivity index (χ2n) is 4.73. The quantitative estimate of drug-likeness (QED) is 0.596. The largest absolute Gasteiger partial charge is 0.383 e. The lowest BCUT2D eigenvalue weighted by molar-refractivity contribution is 0.204. The van der Waals surface area contributed by atoms with E-state index in [9.17, 15) is 8.42 Å². The second-order valence-corrected chi connectivity index (χ2v) is 6.22. The van der Waals surface area contributed by atoms with Gasteiger partial charge in [-0.3, -0.25) is 4.72 Å². The fraction of sp³-hybridized carbons (Fsp3) is 0.538. The highest BCUT2D eigenvalue weighted by atomic mass is 32.2. The van der Waals surface area contributed by atoms with Gasteiger partial charge in [-0.05, 0) is 17.7 Å².